The molecule has 18 heavy (non-hydrogen) atoms. The standard InChI is InChI=1S/C12H15ClO5/c1-18-12(17)8-3-2-7(6-10(8)15)11(16)9(14)4-5-13/h2-3,6,9,11,14-16H,4-5H2,1H3. The second-order valence-electron chi connectivity index (χ2n) is 3.76. The van der Waals surface area contributed by atoms with Gasteiger partial charge in [0, 0.05) is 5.88 Å². The highest BCUT2D eigenvalue weighted by atomic mass is 35.5. The van der Waals surface area contributed by atoms with E-state index < -0.39 is 18.2 Å². The lowest BCUT2D eigenvalue weighted by Gasteiger charge is -2.17. The van der Waals surface area contributed by atoms with Gasteiger partial charge in [-0.05, 0) is 24.1 Å². The minimum atomic E-state index is -1.17. The van der Waals surface area contributed by atoms with Crippen LogP contribution in [0.25, 0.3) is 0 Å². The number of methoxy groups -OCH3 is 1. The average Bonchev–Trinajstić information content (AvgIpc) is 2.37. The number of aromatic hydroxyl groups is 1. The van der Waals surface area contributed by atoms with Crippen molar-refractivity contribution in [2.24, 2.45) is 0 Å². The van der Waals surface area contributed by atoms with Gasteiger partial charge >= 0.3 is 5.97 Å². The fourth-order valence-corrected chi connectivity index (χ4v) is 1.73. The molecule has 1 rings (SSSR count). The van der Waals surface area contributed by atoms with Crippen molar-refractivity contribution in [3.05, 3.63) is 29.3 Å². The van der Waals surface area contributed by atoms with Gasteiger partial charge in [0.05, 0.1) is 13.2 Å². The molecule has 3 N–H and O–H groups in total. The number of ether oxygens (including phenoxy) is 1. The van der Waals surface area contributed by atoms with E-state index >= 15 is 0 Å². The second-order valence-corrected chi connectivity index (χ2v) is 4.14. The highest BCUT2D eigenvalue weighted by Gasteiger charge is 2.20. The van der Waals surface area contributed by atoms with Crippen molar-refractivity contribution >= 4 is 17.6 Å². The number of aliphatic hydroxyl groups is 2. The van der Waals surface area contributed by atoms with Crippen molar-refractivity contribution in [1.29, 1.82) is 0 Å². The molecule has 0 saturated carbocycles. The normalized spacial score (nSPS) is 14.0. The van der Waals surface area contributed by atoms with Gasteiger partial charge in [-0.25, -0.2) is 4.79 Å². The molecule has 5 nitrogen and oxygen atoms in total. The van der Waals surface area contributed by atoms with Crippen LogP contribution in [-0.2, 0) is 4.74 Å². The van der Waals surface area contributed by atoms with Crippen molar-refractivity contribution in [2.45, 2.75) is 18.6 Å². The fraction of sp³-hybridized carbons (Fsp3) is 0.417. The van der Waals surface area contributed by atoms with E-state index in [2.05, 4.69) is 4.74 Å². The van der Waals surface area contributed by atoms with Crippen LogP contribution in [0.5, 0.6) is 5.75 Å². The molecule has 0 amide bonds. The lowest BCUT2D eigenvalue weighted by Crippen LogP contribution is -2.18. The van der Waals surface area contributed by atoms with E-state index in [9.17, 15) is 20.1 Å². The molecule has 0 aliphatic carbocycles. The number of hydrogen-bond donors (Lipinski definition) is 3. The van der Waals surface area contributed by atoms with E-state index in [1.54, 1.807) is 0 Å². The number of halogens is 1. The van der Waals surface area contributed by atoms with Crippen molar-refractivity contribution in [3.8, 4) is 5.75 Å². The largest absolute Gasteiger partial charge is 0.507 e. The lowest BCUT2D eigenvalue weighted by molar-refractivity contribution is 0.0169. The molecule has 0 heterocycles. The lowest BCUT2D eigenvalue weighted by atomic mass is 10.0. The van der Waals surface area contributed by atoms with E-state index in [1.165, 1.54) is 25.3 Å². The van der Waals surface area contributed by atoms with Gasteiger partial charge < -0.3 is 20.1 Å². The summed E-state index contributed by atoms with van der Waals surface area (Å²) in [6.07, 6.45) is -1.96. The van der Waals surface area contributed by atoms with Gasteiger partial charge in [-0.3, -0.25) is 0 Å². The molecule has 0 saturated heterocycles. The molecule has 0 radical (unpaired) electrons. The minimum Gasteiger partial charge on any atom is -0.507 e. The number of esters is 1. The van der Waals surface area contributed by atoms with E-state index in [0.29, 0.717) is 5.56 Å². The van der Waals surface area contributed by atoms with Crippen LogP contribution in [-0.4, -0.2) is 40.4 Å². The first-order valence-corrected chi connectivity index (χ1v) is 5.88. The number of phenols is 1. The maximum absolute atomic E-state index is 11.2. The fourth-order valence-electron chi connectivity index (χ4n) is 1.51. The van der Waals surface area contributed by atoms with Gasteiger partial charge in [-0.1, -0.05) is 6.07 Å². The van der Waals surface area contributed by atoms with Gasteiger partial charge in [0.15, 0.2) is 0 Å². The second kappa shape index (κ2) is 6.58. The zero-order valence-corrected chi connectivity index (χ0v) is 10.6. The Morgan fingerprint density at radius 1 is 1.44 bits per heavy atom. The van der Waals surface area contributed by atoms with E-state index in [1.807, 2.05) is 0 Å². The predicted molar refractivity (Wildman–Crippen MR) is 65.7 cm³/mol. The van der Waals surface area contributed by atoms with Crippen molar-refractivity contribution in [1.82, 2.24) is 0 Å². The van der Waals surface area contributed by atoms with E-state index in [0.717, 1.165) is 0 Å². The Bertz CT molecular complexity index is 421. The Hall–Kier alpha value is -1.30. The molecule has 1 aromatic rings. The number of aliphatic hydroxyl groups excluding tert-OH is 2. The molecule has 0 fully saturated rings. The molecule has 0 aromatic heterocycles. The first kappa shape index (κ1) is 14.8. The molecule has 2 unspecified atom stereocenters. The first-order chi connectivity index (χ1) is 8.51. The summed E-state index contributed by atoms with van der Waals surface area (Å²) in [6, 6.07) is 3.98. The third-order valence-electron chi connectivity index (χ3n) is 2.54. The molecule has 0 aliphatic heterocycles. The number of rotatable bonds is 5. The number of carbonyl (C=O) groups excluding carboxylic acids is 1. The molecule has 6 heteroatoms. The zero-order chi connectivity index (χ0) is 13.7. The number of hydrogen-bond acceptors (Lipinski definition) is 5. The highest BCUT2D eigenvalue weighted by molar-refractivity contribution is 6.17. The molecule has 0 spiro atoms. The summed E-state index contributed by atoms with van der Waals surface area (Å²) in [5, 5.41) is 29.0. The molecule has 0 bridgehead atoms. The summed E-state index contributed by atoms with van der Waals surface area (Å²) >= 11 is 5.46. The maximum Gasteiger partial charge on any atom is 0.341 e. The number of alkyl halides is 1. The van der Waals surface area contributed by atoms with Crippen LogP contribution in [0, 0.1) is 0 Å². The van der Waals surface area contributed by atoms with E-state index in [4.69, 9.17) is 11.6 Å². The Morgan fingerprint density at radius 2 is 2.11 bits per heavy atom. The topological polar surface area (TPSA) is 87.0 Å². The molecule has 0 aliphatic rings. The summed E-state index contributed by atoms with van der Waals surface area (Å²) in [6.45, 7) is 0. The van der Waals surface area contributed by atoms with Crippen LogP contribution in [0.1, 0.15) is 28.4 Å². The third-order valence-corrected chi connectivity index (χ3v) is 2.76. The summed E-state index contributed by atoms with van der Waals surface area (Å²) in [7, 11) is 1.20. The highest BCUT2D eigenvalue weighted by Crippen LogP contribution is 2.26. The van der Waals surface area contributed by atoms with Gasteiger partial charge in [0.2, 0.25) is 0 Å². The van der Waals surface area contributed by atoms with Crippen LogP contribution in [0.3, 0.4) is 0 Å². The first-order valence-electron chi connectivity index (χ1n) is 5.34. The summed E-state index contributed by atoms with van der Waals surface area (Å²) in [5.41, 5.74) is 0.304. The molecule has 2 atom stereocenters. The summed E-state index contributed by atoms with van der Waals surface area (Å²) < 4.78 is 4.48. The number of benzene rings is 1. The molecular formula is C12H15ClO5. The molecule has 1 aromatic carbocycles. The van der Waals surface area contributed by atoms with Crippen molar-refractivity contribution < 1.29 is 24.9 Å². The van der Waals surface area contributed by atoms with Gasteiger partial charge in [0.1, 0.15) is 17.4 Å². The van der Waals surface area contributed by atoms with Crippen LogP contribution in [0.15, 0.2) is 18.2 Å². The zero-order valence-electron chi connectivity index (χ0n) is 9.84. The summed E-state index contributed by atoms with van der Waals surface area (Å²) in [5.74, 6) is -0.768. The van der Waals surface area contributed by atoms with Crippen molar-refractivity contribution in [3.63, 3.8) is 0 Å². The number of carbonyl (C=O) groups is 1. The molecular weight excluding hydrogens is 260 g/mol. The predicted octanol–water partition coefficient (Wildman–Crippen LogP) is 1.20. The van der Waals surface area contributed by atoms with Gasteiger partial charge in [-0.2, -0.15) is 0 Å². The van der Waals surface area contributed by atoms with Crippen LogP contribution < -0.4 is 0 Å². The van der Waals surface area contributed by atoms with Crippen LogP contribution in [0.4, 0.5) is 0 Å². The Labute approximate surface area is 110 Å². The van der Waals surface area contributed by atoms with Gasteiger partial charge in [-0.15, -0.1) is 11.6 Å². The van der Waals surface area contributed by atoms with Crippen LogP contribution in [0.2, 0.25) is 0 Å². The van der Waals surface area contributed by atoms with Crippen LogP contribution >= 0.6 is 11.6 Å². The smallest absolute Gasteiger partial charge is 0.341 e. The average molecular weight is 275 g/mol. The number of phenolic OH excluding ortho intramolecular Hbond substituents is 1. The Morgan fingerprint density at radius 3 is 2.61 bits per heavy atom. The minimum absolute atomic E-state index is 0.000262. The summed E-state index contributed by atoms with van der Waals surface area (Å²) in [4.78, 5) is 11.2. The molecule has 100 valence electrons. The van der Waals surface area contributed by atoms with E-state index in [-0.39, 0.29) is 23.6 Å². The monoisotopic (exact) mass is 274 g/mol. The van der Waals surface area contributed by atoms with Crippen molar-refractivity contribution in [2.75, 3.05) is 13.0 Å². The Balaban J connectivity index is 2.93. The quantitative estimate of drug-likeness (QED) is 0.555. The maximum atomic E-state index is 11.2. The SMILES string of the molecule is COC(=O)c1ccc(C(O)C(O)CCCl)cc1O. The Kier molecular flexibility index (Phi) is 5.40. The van der Waals surface area contributed by atoms with Gasteiger partial charge in [0.25, 0.3) is 0 Å². The third kappa shape index (κ3) is 3.35.